The van der Waals surface area contributed by atoms with Crippen LogP contribution in [0.15, 0.2) is 18.2 Å². The third kappa shape index (κ3) is 8.34. The molecule has 0 radical (unpaired) electrons. The molecule has 0 aromatic heterocycles. The van der Waals surface area contributed by atoms with Gasteiger partial charge in [0, 0.05) is 19.1 Å². The van der Waals surface area contributed by atoms with Gasteiger partial charge in [0.1, 0.15) is 23.5 Å². The molecule has 0 unspecified atom stereocenters. The first-order valence-electron chi connectivity index (χ1n) is 8.97. The minimum atomic E-state index is -1.16. The van der Waals surface area contributed by atoms with Crippen molar-refractivity contribution in [3.05, 3.63) is 33.9 Å². The minimum absolute atomic E-state index is 0.157. The second kappa shape index (κ2) is 10.6. The van der Waals surface area contributed by atoms with Gasteiger partial charge in [-0.3, -0.25) is 10.1 Å². The molecule has 0 aliphatic carbocycles. The molecule has 0 fully saturated rings. The van der Waals surface area contributed by atoms with Crippen LogP contribution in [0.2, 0.25) is 0 Å². The fraction of sp³-hybridized carbons (Fsp3) is 0.579. The molecule has 0 spiro atoms. The van der Waals surface area contributed by atoms with Crippen molar-refractivity contribution < 1.29 is 33.5 Å². The predicted octanol–water partition coefficient (Wildman–Crippen LogP) is 2.62. The second-order valence-electron chi connectivity index (χ2n) is 7.36. The van der Waals surface area contributed by atoms with Gasteiger partial charge in [-0.2, -0.15) is 0 Å². The summed E-state index contributed by atoms with van der Waals surface area (Å²) in [5.41, 5.74) is -0.783. The first kappa shape index (κ1) is 24.2. The van der Waals surface area contributed by atoms with Gasteiger partial charge in [-0.05, 0) is 39.8 Å². The van der Waals surface area contributed by atoms with Gasteiger partial charge in [-0.1, -0.05) is 0 Å². The van der Waals surface area contributed by atoms with Crippen LogP contribution in [0.1, 0.15) is 33.3 Å². The lowest BCUT2D eigenvalue weighted by Crippen LogP contribution is -2.45. The van der Waals surface area contributed by atoms with Crippen molar-refractivity contribution in [2.45, 2.75) is 51.9 Å². The monoisotopic (exact) mass is 412 g/mol. The number of alkyl carbamates (subject to hydrolysis) is 1. The quantitative estimate of drug-likeness (QED) is 0.373. The Hall–Kier alpha value is -2.88. The molecule has 29 heavy (non-hydrogen) atoms. The van der Waals surface area contributed by atoms with Crippen molar-refractivity contribution in [1.82, 2.24) is 5.32 Å². The average Bonchev–Trinajstić information content (AvgIpc) is 2.60. The van der Waals surface area contributed by atoms with E-state index in [0.717, 1.165) is 7.11 Å². The Kier molecular flexibility index (Phi) is 8.84. The summed E-state index contributed by atoms with van der Waals surface area (Å²) < 4.78 is 20.4. The number of carbonyl (C=O) groups excluding carboxylic acids is 2. The minimum Gasteiger partial charge on any atom is -0.488 e. The molecule has 1 rings (SSSR count). The summed E-state index contributed by atoms with van der Waals surface area (Å²) in [6.07, 6.45) is -1.29. The first-order chi connectivity index (χ1) is 13.5. The van der Waals surface area contributed by atoms with E-state index in [-0.39, 0.29) is 23.8 Å². The van der Waals surface area contributed by atoms with Gasteiger partial charge in [0.05, 0.1) is 24.7 Å². The topological polar surface area (TPSA) is 126 Å². The summed E-state index contributed by atoms with van der Waals surface area (Å²) in [6, 6.07) is 3.13. The molecule has 1 aromatic rings. The summed E-state index contributed by atoms with van der Waals surface area (Å²) in [4.78, 5) is 35.0. The van der Waals surface area contributed by atoms with E-state index in [1.807, 2.05) is 0 Å². The number of nitro benzene ring substituents is 1. The zero-order valence-corrected chi connectivity index (χ0v) is 17.5. The van der Waals surface area contributed by atoms with Crippen LogP contribution in [0, 0.1) is 10.1 Å². The lowest BCUT2D eigenvalue weighted by Gasteiger charge is -2.22. The third-order valence-corrected chi connectivity index (χ3v) is 3.59. The zero-order valence-electron chi connectivity index (χ0n) is 17.5. The molecule has 1 N–H and O–H groups in total. The van der Waals surface area contributed by atoms with Gasteiger partial charge in [0.15, 0.2) is 0 Å². The largest absolute Gasteiger partial charge is 0.488 e. The molecular weight excluding hydrogens is 384 g/mol. The van der Waals surface area contributed by atoms with Crippen molar-refractivity contribution in [2.75, 3.05) is 20.8 Å². The van der Waals surface area contributed by atoms with Crippen molar-refractivity contribution in [2.24, 2.45) is 0 Å². The Morgan fingerprint density at radius 2 is 1.90 bits per heavy atom. The molecule has 0 heterocycles. The van der Waals surface area contributed by atoms with Gasteiger partial charge < -0.3 is 24.3 Å². The highest BCUT2D eigenvalue weighted by molar-refractivity contribution is 5.82. The molecule has 0 aliphatic heterocycles. The highest BCUT2D eigenvalue weighted by Gasteiger charge is 2.28. The normalized spacial score (nSPS) is 13.2. The van der Waals surface area contributed by atoms with Crippen LogP contribution in [0.5, 0.6) is 5.75 Å². The van der Waals surface area contributed by atoms with Crippen LogP contribution in [-0.4, -0.2) is 55.6 Å². The maximum Gasteiger partial charge on any atom is 0.408 e. The second-order valence-corrected chi connectivity index (χ2v) is 7.36. The number of amides is 1. The number of methoxy groups -OCH3 is 2. The number of nitro groups is 1. The summed E-state index contributed by atoms with van der Waals surface area (Å²) in [5.74, 6) is -0.459. The van der Waals surface area contributed by atoms with Gasteiger partial charge in [-0.15, -0.1) is 0 Å². The molecule has 1 aromatic carbocycles. The Morgan fingerprint density at radius 1 is 1.24 bits per heavy atom. The number of nitrogens with zero attached hydrogens (tertiary/aromatic N) is 1. The van der Waals surface area contributed by atoms with E-state index >= 15 is 0 Å². The van der Waals surface area contributed by atoms with Crippen molar-refractivity contribution >= 4 is 17.7 Å². The Morgan fingerprint density at radius 3 is 2.41 bits per heavy atom. The maximum absolute atomic E-state index is 12.1. The molecule has 0 saturated carbocycles. The number of esters is 1. The molecule has 10 heteroatoms. The Balaban J connectivity index is 3.06. The smallest absolute Gasteiger partial charge is 0.408 e. The van der Waals surface area contributed by atoms with Gasteiger partial charge in [0.2, 0.25) is 0 Å². The predicted molar refractivity (Wildman–Crippen MR) is 104 cm³/mol. The van der Waals surface area contributed by atoms with Crippen LogP contribution < -0.4 is 10.1 Å². The summed E-state index contributed by atoms with van der Waals surface area (Å²) in [6.45, 7) is 7.11. The summed E-state index contributed by atoms with van der Waals surface area (Å²) in [7, 11) is 2.69. The fourth-order valence-corrected chi connectivity index (χ4v) is 2.47. The number of hydrogen-bond acceptors (Lipinski definition) is 8. The number of ether oxygens (including phenoxy) is 4. The molecule has 162 valence electrons. The van der Waals surface area contributed by atoms with E-state index < -0.39 is 28.6 Å². The van der Waals surface area contributed by atoms with E-state index in [1.165, 1.54) is 19.2 Å². The Bertz CT molecular complexity index is 729. The van der Waals surface area contributed by atoms with Crippen LogP contribution >= 0.6 is 0 Å². The number of benzene rings is 1. The first-order valence-corrected chi connectivity index (χ1v) is 8.97. The van der Waals surface area contributed by atoms with E-state index in [2.05, 4.69) is 5.32 Å². The van der Waals surface area contributed by atoms with Gasteiger partial charge >= 0.3 is 12.1 Å². The van der Waals surface area contributed by atoms with Crippen LogP contribution in [0.25, 0.3) is 0 Å². The van der Waals surface area contributed by atoms with Crippen molar-refractivity contribution in [3.8, 4) is 5.75 Å². The maximum atomic E-state index is 12.1. The summed E-state index contributed by atoms with van der Waals surface area (Å²) >= 11 is 0. The van der Waals surface area contributed by atoms with Crippen LogP contribution in [-0.2, 0) is 25.4 Å². The molecule has 0 bridgehead atoms. The lowest BCUT2D eigenvalue weighted by atomic mass is 10.0. The number of carbonyl (C=O) groups is 2. The van der Waals surface area contributed by atoms with E-state index in [9.17, 15) is 19.7 Å². The Labute approximate surface area is 169 Å². The van der Waals surface area contributed by atoms with E-state index in [0.29, 0.717) is 12.4 Å². The number of nitrogens with one attached hydrogen (secondary N) is 1. The number of rotatable bonds is 9. The highest BCUT2D eigenvalue weighted by Crippen LogP contribution is 2.27. The fourth-order valence-electron chi connectivity index (χ4n) is 2.47. The van der Waals surface area contributed by atoms with E-state index in [1.54, 1.807) is 33.8 Å². The van der Waals surface area contributed by atoms with Gasteiger partial charge in [-0.25, -0.2) is 9.59 Å². The lowest BCUT2D eigenvalue weighted by molar-refractivity contribution is -0.385. The standard InChI is InChI=1S/C19H28N2O8/c1-12(11-26-5)28-14-8-7-13(16(10-14)21(24)25)9-15(17(22)27-6)20-18(23)29-19(2,3)4/h7-8,10,12,15H,9,11H2,1-6H3,(H,20,23)/t12-,15-/m0/s1. The molecule has 2 atom stereocenters. The third-order valence-electron chi connectivity index (χ3n) is 3.59. The average molecular weight is 412 g/mol. The molecular formula is C19H28N2O8. The summed E-state index contributed by atoms with van der Waals surface area (Å²) in [5, 5.41) is 13.9. The SMILES string of the molecule is COC[C@H](C)Oc1ccc(C[C@H](NC(=O)OC(C)(C)C)C(=O)OC)c([N+](=O)[O-])c1. The zero-order chi connectivity index (χ0) is 22.2. The van der Waals surface area contributed by atoms with Crippen LogP contribution in [0.3, 0.4) is 0 Å². The van der Waals surface area contributed by atoms with E-state index in [4.69, 9.17) is 18.9 Å². The van der Waals surface area contributed by atoms with Crippen molar-refractivity contribution in [3.63, 3.8) is 0 Å². The molecule has 1 amide bonds. The highest BCUT2D eigenvalue weighted by atomic mass is 16.6. The van der Waals surface area contributed by atoms with Crippen LogP contribution in [0.4, 0.5) is 10.5 Å². The number of hydrogen-bond donors (Lipinski definition) is 1. The molecule has 10 nitrogen and oxygen atoms in total. The molecule has 0 aliphatic rings. The molecule has 0 saturated heterocycles. The van der Waals surface area contributed by atoms with Crippen molar-refractivity contribution in [1.29, 1.82) is 0 Å². The van der Waals surface area contributed by atoms with Gasteiger partial charge in [0.25, 0.3) is 5.69 Å².